The quantitative estimate of drug-likeness (QED) is 0.612. The smallest absolute Gasteiger partial charge is 0.354 e. The summed E-state index contributed by atoms with van der Waals surface area (Å²) < 4.78 is 0. The maximum atomic E-state index is 11.1. The first-order chi connectivity index (χ1) is 12.5. The van der Waals surface area contributed by atoms with Gasteiger partial charge in [0.25, 0.3) is 0 Å². The van der Waals surface area contributed by atoms with Crippen LogP contribution in [0.4, 0.5) is 0 Å². The van der Waals surface area contributed by atoms with Gasteiger partial charge in [0.2, 0.25) is 0 Å². The highest BCUT2D eigenvalue weighted by Gasteiger charge is 2.09. The van der Waals surface area contributed by atoms with Crippen LogP contribution >= 0.6 is 23.2 Å². The molecule has 132 valence electrons. The first kappa shape index (κ1) is 18.4. The number of pyridine rings is 1. The lowest BCUT2D eigenvalue weighted by Gasteiger charge is -2.11. The molecule has 1 N–H and O–H groups in total. The van der Waals surface area contributed by atoms with Gasteiger partial charge in [-0.1, -0.05) is 47.5 Å². The number of aromatic nitrogens is 1. The first-order valence-electron chi connectivity index (χ1n) is 8.22. The molecule has 0 aliphatic rings. The molecule has 0 saturated carbocycles. The van der Waals surface area contributed by atoms with Gasteiger partial charge in [0.05, 0.1) is 0 Å². The van der Waals surface area contributed by atoms with E-state index in [4.69, 9.17) is 28.3 Å². The Labute approximate surface area is 162 Å². The topological polar surface area (TPSA) is 50.2 Å². The Bertz CT molecular complexity index is 924. The molecule has 0 amide bonds. The number of nitrogens with zero attached hydrogens (tertiary/aromatic N) is 1. The van der Waals surface area contributed by atoms with E-state index in [2.05, 4.69) is 4.98 Å². The minimum Gasteiger partial charge on any atom is -0.477 e. The zero-order valence-electron chi connectivity index (χ0n) is 14.0. The van der Waals surface area contributed by atoms with E-state index in [1.165, 1.54) is 17.2 Å². The Kier molecular flexibility index (Phi) is 5.92. The van der Waals surface area contributed by atoms with E-state index in [-0.39, 0.29) is 5.69 Å². The molecule has 0 radical (unpaired) electrons. The lowest BCUT2D eigenvalue weighted by Crippen LogP contribution is -2.04. The summed E-state index contributed by atoms with van der Waals surface area (Å²) >= 11 is 12.1. The van der Waals surface area contributed by atoms with Crippen molar-refractivity contribution >= 4 is 29.2 Å². The molecule has 3 aromatic rings. The van der Waals surface area contributed by atoms with Crippen LogP contribution < -0.4 is 0 Å². The average molecular weight is 386 g/mol. The molecule has 1 heterocycles. The van der Waals surface area contributed by atoms with Crippen molar-refractivity contribution in [1.29, 1.82) is 0 Å². The number of carboxylic acid groups (broad SMARTS) is 1. The fraction of sp³-hybridized carbons (Fsp3) is 0.143. The molecule has 0 atom stereocenters. The van der Waals surface area contributed by atoms with Crippen molar-refractivity contribution in [3.05, 3.63) is 98.8 Å². The maximum absolute atomic E-state index is 11.1. The van der Waals surface area contributed by atoms with Gasteiger partial charge < -0.3 is 5.11 Å². The molecule has 0 bridgehead atoms. The van der Waals surface area contributed by atoms with Crippen molar-refractivity contribution in [3.63, 3.8) is 0 Å². The van der Waals surface area contributed by atoms with Crippen LogP contribution in [0.1, 0.15) is 32.9 Å². The highest BCUT2D eigenvalue weighted by Crippen LogP contribution is 2.21. The number of carboxylic acids is 1. The summed E-state index contributed by atoms with van der Waals surface area (Å²) in [6.45, 7) is 0. The maximum Gasteiger partial charge on any atom is 0.354 e. The molecule has 0 aliphatic carbocycles. The third kappa shape index (κ3) is 4.84. The van der Waals surface area contributed by atoms with Gasteiger partial charge in [-0.3, -0.25) is 0 Å². The van der Waals surface area contributed by atoms with Crippen molar-refractivity contribution < 1.29 is 9.90 Å². The zero-order valence-corrected chi connectivity index (χ0v) is 15.5. The van der Waals surface area contributed by atoms with Gasteiger partial charge in [-0.15, -0.1) is 0 Å². The Balaban J connectivity index is 1.80. The SMILES string of the molecule is O=C(O)c1cccc(Cc2cc(Cl)ccc2CCc2ccc(Cl)cc2)n1. The molecular weight excluding hydrogens is 369 g/mol. The summed E-state index contributed by atoms with van der Waals surface area (Å²) in [5.41, 5.74) is 4.20. The highest BCUT2D eigenvalue weighted by molar-refractivity contribution is 6.30. The van der Waals surface area contributed by atoms with Crippen LogP contribution in [0.25, 0.3) is 0 Å². The van der Waals surface area contributed by atoms with Gasteiger partial charge >= 0.3 is 5.97 Å². The summed E-state index contributed by atoms with van der Waals surface area (Å²) in [6, 6.07) is 18.7. The van der Waals surface area contributed by atoms with Gasteiger partial charge in [-0.05, 0) is 65.9 Å². The molecule has 0 spiro atoms. The molecule has 0 unspecified atom stereocenters. The molecule has 1 aromatic heterocycles. The van der Waals surface area contributed by atoms with E-state index in [1.54, 1.807) is 6.07 Å². The van der Waals surface area contributed by atoms with Crippen molar-refractivity contribution in [2.75, 3.05) is 0 Å². The van der Waals surface area contributed by atoms with Crippen LogP contribution in [0.3, 0.4) is 0 Å². The van der Waals surface area contributed by atoms with Gasteiger partial charge in [-0.25, -0.2) is 9.78 Å². The predicted octanol–water partition coefficient (Wildman–Crippen LogP) is 5.46. The van der Waals surface area contributed by atoms with E-state index in [1.807, 2.05) is 48.5 Å². The minimum atomic E-state index is -1.03. The number of halogens is 2. The third-order valence-corrected chi connectivity index (χ3v) is 4.65. The van der Waals surface area contributed by atoms with E-state index < -0.39 is 5.97 Å². The predicted molar refractivity (Wildman–Crippen MR) is 104 cm³/mol. The number of hydrogen-bond donors (Lipinski definition) is 1. The first-order valence-corrected chi connectivity index (χ1v) is 8.98. The van der Waals surface area contributed by atoms with Crippen LogP contribution in [0, 0.1) is 0 Å². The number of aromatic carboxylic acids is 1. The second-order valence-corrected chi connectivity index (χ2v) is 6.91. The molecule has 5 heteroatoms. The Hall–Kier alpha value is -2.36. The second-order valence-electron chi connectivity index (χ2n) is 6.04. The molecular formula is C21H17Cl2NO2. The van der Waals surface area contributed by atoms with Gasteiger partial charge in [0.1, 0.15) is 5.69 Å². The van der Waals surface area contributed by atoms with Crippen molar-refractivity contribution in [3.8, 4) is 0 Å². The minimum absolute atomic E-state index is 0.0484. The van der Waals surface area contributed by atoms with E-state index in [9.17, 15) is 4.79 Å². The third-order valence-electron chi connectivity index (χ3n) is 4.16. The summed E-state index contributed by atoms with van der Waals surface area (Å²) in [7, 11) is 0. The molecule has 0 fully saturated rings. The number of rotatable bonds is 6. The van der Waals surface area contributed by atoms with Crippen LogP contribution in [0.15, 0.2) is 60.7 Å². The standard InChI is InChI=1S/C21H17Cl2NO2/c22-17-9-5-14(6-10-17)4-7-15-8-11-18(23)12-16(15)13-19-2-1-3-20(24-19)21(25)26/h1-3,5-6,8-12H,4,7,13H2,(H,25,26). The molecule has 3 nitrogen and oxygen atoms in total. The van der Waals surface area contributed by atoms with Crippen molar-refractivity contribution in [2.24, 2.45) is 0 Å². The molecule has 0 aliphatic heterocycles. The van der Waals surface area contributed by atoms with E-state index in [0.29, 0.717) is 17.1 Å². The van der Waals surface area contributed by atoms with Crippen molar-refractivity contribution in [1.82, 2.24) is 4.98 Å². The van der Waals surface area contributed by atoms with E-state index in [0.717, 1.165) is 23.4 Å². The Morgan fingerprint density at radius 3 is 2.35 bits per heavy atom. The fourth-order valence-corrected chi connectivity index (χ4v) is 3.15. The van der Waals surface area contributed by atoms with Crippen LogP contribution in [-0.2, 0) is 19.3 Å². The summed E-state index contributed by atoms with van der Waals surface area (Å²) in [5.74, 6) is -1.03. The van der Waals surface area contributed by atoms with Gasteiger partial charge in [-0.2, -0.15) is 0 Å². The normalized spacial score (nSPS) is 10.7. The number of benzene rings is 2. The lowest BCUT2D eigenvalue weighted by atomic mass is 9.97. The Morgan fingerprint density at radius 1 is 0.885 bits per heavy atom. The second kappa shape index (κ2) is 8.35. The molecule has 0 saturated heterocycles. The number of aryl methyl sites for hydroxylation is 2. The lowest BCUT2D eigenvalue weighted by molar-refractivity contribution is 0.0690. The molecule has 26 heavy (non-hydrogen) atoms. The average Bonchev–Trinajstić information content (AvgIpc) is 2.63. The highest BCUT2D eigenvalue weighted by atomic mass is 35.5. The van der Waals surface area contributed by atoms with Crippen LogP contribution in [0.5, 0.6) is 0 Å². The largest absolute Gasteiger partial charge is 0.477 e. The van der Waals surface area contributed by atoms with Crippen molar-refractivity contribution in [2.45, 2.75) is 19.3 Å². The van der Waals surface area contributed by atoms with E-state index >= 15 is 0 Å². The Morgan fingerprint density at radius 2 is 1.62 bits per heavy atom. The van der Waals surface area contributed by atoms with Crippen LogP contribution in [0.2, 0.25) is 10.0 Å². The monoisotopic (exact) mass is 385 g/mol. The number of carbonyl (C=O) groups is 1. The summed E-state index contributed by atoms with van der Waals surface area (Å²) in [5, 5.41) is 10.5. The molecule has 3 rings (SSSR count). The molecule has 2 aromatic carbocycles. The van der Waals surface area contributed by atoms with Crippen LogP contribution in [-0.4, -0.2) is 16.1 Å². The summed E-state index contributed by atoms with van der Waals surface area (Å²) in [6.07, 6.45) is 2.28. The fourth-order valence-electron chi connectivity index (χ4n) is 2.83. The number of hydrogen-bond acceptors (Lipinski definition) is 2. The van der Waals surface area contributed by atoms with Gasteiger partial charge in [0, 0.05) is 22.2 Å². The van der Waals surface area contributed by atoms with Gasteiger partial charge in [0.15, 0.2) is 0 Å². The summed E-state index contributed by atoms with van der Waals surface area (Å²) in [4.78, 5) is 15.3. The zero-order chi connectivity index (χ0) is 18.5.